The third-order valence-electron chi connectivity index (χ3n) is 8.65. The van der Waals surface area contributed by atoms with Gasteiger partial charge in [0, 0.05) is 23.9 Å². The van der Waals surface area contributed by atoms with E-state index in [1.54, 1.807) is 0 Å². The van der Waals surface area contributed by atoms with Crippen LogP contribution in [0.5, 0.6) is 0 Å². The van der Waals surface area contributed by atoms with Crippen LogP contribution in [0.2, 0.25) is 0 Å². The normalized spacial score (nSPS) is 47.5. The first-order valence-electron chi connectivity index (χ1n) is 9.90. The van der Waals surface area contributed by atoms with Crippen molar-refractivity contribution in [3.63, 3.8) is 0 Å². The lowest BCUT2D eigenvalue weighted by Gasteiger charge is -2.58. The molecule has 4 nitrogen and oxygen atoms in total. The largest absolute Gasteiger partial charge is 0.481 e. The van der Waals surface area contributed by atoms with Crippen LogP contribution < -0.4 is 0 Å². The van der Waals surface area contributed by atoms with Gasteiger partial charge in [-0.3, -0.25) is 4.79 Å². The Balaban J connectivity index is 1.51. The van der Waals surface area contributed by atoms with Crippen molar-refractivity contribution < 1.29 is 9.90 Å². The summed E-state index contributed by atoms with van der Waals surface area (Å²) in [7, 11) is 0. The number of nitrogens with zero attached hydrogens (tertiary/aromatic N) is 2. The number of carboxylic acids is 1. The Morgan fingerprint density at radius 1 is 1.20 bits per heavy atom. The van der Waals surface area contributed by atoms with Gasteiger partial charge in [0.25, 0.3) is 0 Å². The monoisotopic (exact) mass is 340 g/mol. The van der Waals surface area contributed by atoms with E-state index in [4.69, 9.17) is 0 Å². The van der Waals surface area contributed by atoms with Crippen LogP contribution in [-0.4, -0.2) is 20.6 Å². The summed E-state index contributed by atoms with van der Waals surface area (Å²) in [6.07, 6.45) is 15.4. The number of rotatable bonds is 1. The molecule has 5 rings (SSSR count). The molecule has 0 amide bonds. The van der Waals surface area contributed by atoms with E-state index in [-0.39, 0.29) is 16.7 Å². The number of aromatic nitrogens is 2. The maximum absolute atomic E-state index is 11.8. The molecule has 3 aliphatic carbocycles. The second-order valence-corrected chi connectivity index (χ2v) is 9.37. The van der Waals surface area contributed by atoms with Gasteiger partial charge < -0.3 is 9.67 Å². The van der Waals surface area contributed by atoms with E-state index in [0.29, 0.717) is 23.8 Å². The van der Waals surface area contributed by atoms with Crippen molar-refractivity contribution in [1.29, 1.82) is 0 Å². The first kappa shape index (κ1) is 15.7. The van der Waals surface area contributed by atoms with E-state index in [1.807, 2.05) is 6.20 Å². The highest BCUT2D eigenvalue weighted by atomic mass is 16.4. The number of carboxylic acid groups (broad SMARTS) is 1. The molecule has 1 aliphatic heterocycles. The predicted molar refractivity (Wildman–Crippen MR) is 95.8 cm³/mol. The standard InChI is InChI=1S/C21H28N2O2/c1-20-9-7-15-13(14(20)4-5-16(20)19(24)25)3-6-17-21(15,2)10-8-18-22-11-12-23(17)18/h8,10-17H,3-7,9H2,1-2H3,(H,24,25)/t13?,14?,15?,16?,17?,20?,21-/m1/s1. The molecule has 25 heavy (non-hydrogen) atoms. The van der Waals surface area contributed by atoms with Gasteiger partial charge in [-0.25, -0.2) is 4.98 Å². The van der Waals surface area contributed by atoms with Gasteiger partial charge in [0.2, 0.25) is 0 Å². The van der Waals surface area contributed by atoms with Crippen molar-refractivity contribution in [2.45, 2.75) is 58.4 Å². The molecule has 1 aromatic heterocycles. The Morgan fingerprint density at radius 2 is 2.04 bits per heavy atom. The van der Waals surface area contributed by atoms with E-state index < -0.39 is 5.97 Å². The van der Waals surface area contributed by atoms with E-state index in [0.717, 1.165) is 25.1 Å². The van der Waals surface area contributed by atoms with Crippen molar-refractivity contribution in [3.05, 3.63) is 24.3 Å². The molecule has 2 heterocycles. The van der Waals surface area contributed by atoms with Crippen molar-refractivity contribution in [2.75, 3.05) is 0 Å². The molecule has 0 saturated heterocycles. The van der Waals surface area contributed by atoms with E-state index in [9.17, 15) is 9.90 Å². The average Bonchev–Trinajstić information content (AvgIpc) is 3.17. The van der Waals surface area contributed by atoms with Crippen molar-refractivity contribution in [3.8, 4) is 0 Å². The van der Waals surface area contributed by atoms with E-state index in [2.05, 4.69) is 41.7 Å². The number of imidazole rings is 1. The molecule has 3 saturated carbocycles. The molecule has 0 radical (unpaired) electrons. The summed E-state index contributed by atoms with van der Waals surface area (Å²) in [4.78, 5) is 16.3. The summed E-state index contributed by atoms with van der Waals surface area (Å²) in [5, 5.41) is 9.72. The highest BCUT2D eigenvalue weighted by Crippen LogP contribution is 2.66. The Bertz CT molecular complexity index is 753. The lowest BCUT2D eigenvalue weighted by Crippen LogP contribution is -2.52. The van der Waals surface area contributed by atoms with Crippen LogP contribution in [0.25, 0.3) is 6.08 Å². The predicted octanol–water partition coefficient (Wildman–Crippen LogP) is 4.39. The molecular formula is C21H28N2O2. The Kier molecular flexibility index (Phi) is 3.12. The topological polar surface area (TPSA) is 55.1 Å². The number of allylic oxidation sites excluding steroid dienone is 1. The van der Waals surface area contributed by atoms with Gasteiger partial charge in [0.05, 0.1) is 5.92 Å². The second kappa shape index (κ2) is 4.99. The third kappa shape index (κ3) is 1.89. The molecule has 0 bridgehead atoms. The molecule has 1 N–H and O–H groups in total. The third-order valence-corrected chi connectivity index (χ3v) is 8.65. The zero-order valence-electron chi connectivity index (χ0n) is 15.2. The SMILES string of the molecule is CC12CCC3C(CCC4n5ccnc5C=C[C@]34C)C1CCC2C(=O)O. The van der Waals surface area contributed by atoms with Crippen LogP contribution in [0, 0.1) is 34.5 Å². The minimum absolute atomic E-state index is 0.00867. The number of carbonyl (C=O) groups is 1. The van der Waals surface area contributed by atoms with E-state index >= 15 is 0 Å². The molecule has 3 fully saturated rings. The first-order valence-corrected chi connectivity index (χ1v) is 9.90. The van der Waals surface area contributed by atoms with E-state index in [1.165, 1.54) is 19.3 Å². The smallest absolute Gasteiger partial charge is 0.307 e. The molecule has 4 heteroatoms. The minimum Gasteiger partial charge on any atom is -0.481 e. The summed E-state index contributed by atoms with van der Waals surface area (Å²) in [5.41, 5.74) is 0.188. The molecule has 6 unspecified atom stereocenters. The highest BCUT2D eigenvalue weighted by molar-refractivity contribution is 5.71. The van der Waals surface area contributed by atoms with Crippen molar-refractivity contribution in [1.82, 2.24) is 9.55 Å². The van der Waals surface area contributed by atoms with Crippen molar-refractivity contribution in [2.24, 2.45) is 34.5 Å². The lowest BCUT2D eigenvalue weighted by atomic mass is 9.48. The lowest BCUT2D eigenvalue weighted by molar-refractivity contribution is -0.149. The zero-order valence-corrected chi connectivity index (χ0v) is 15.2. The summed E-state index contributed by atoms with van der Waals surface area (Å²) in [5.74, 6) is 2.33. The maximum Gasteiger partial charge on any atom is 0.307 e. The molecule has 1 aromatic rings. The minimum atomic E-state index is -0.566. The zero-order chi connectivity index (χ0) is 17.4. The summed E-state index contributed by atoms with van der Waals surface area (Å²) in [6.45, 7) is 4.72. The molecular weight excluding hydrogens is 312 g/mol. The molecule has 7 atom stereocenters. The van der Waals surface area contributed by atoms with Gasteiger partial charge in [-0.1, -0.05) is 19.9 Å². The fourth-order valence-electron chi connectivity index (χ4n) is 7.42. The van der Waals surface area contributed by atoms with Gasteiger partial charge in [-0.05, 0) is 67.8 Å². The molecule has 0 spiro atoms. The number of aliphatic carboxylic acids is 1. The van der Waals surface area contributed by atoms with Gasteiger partial charge in [0.15, 0.2) is 0 Å². The van der Waals surface area contributed by atoms with Crippen LogP contribution in [-0.2, 0) is 4.79 Å². The fraction of sp³-hybridized carbons (Fsp3) is 0.714. The summed E-state index contributed by atoms with van der Waals surface area (Å²) >= 11 is 0. The van der Waals surface area contributed by atoms with Gasteiger partial charge in [-0.2, -0.15) is 0 Å². The Morgan fingerprint density at radius 3 is 2.84 bits per heavy atom. The fourth-order valence-corrected chi connectivity index (χ4v) is 7.42. The first-order chi connectivity index (χ1) is 11.9. The number of hydrogen-bond donors (Lipinski definition) is 1. The Hall–Kier alpha value is -1.58. The van der Waals surface area contributed by atoms with Crippen LogP contribution >= 0.6 is 0 Å². The average molecular weight is 340 g/mol. The Labute approximate surface area is 149 Å². The summed E-state index contributed by atoms with van der Waals surface area (Å²) in [6, 6.07) is 0.511. The van der Waals surface area contributed by atoms with Gasteiger partial charge in [0.1, 0.15) is 5.82 Å². The maximum atomic E-state index is 11.8. The highest BCUT2D eigenvalue weighted by Gasteiger charge is 2.61. The quantitative estimate of drug-likeness (QED) is 0.824. The molecule has 0 aromatic carbocycles. The second-order valence-electron chi connectivity index (χ2n) is 9.37. The summed E-state index contributed by atoms with van der Waals surface area (Å²) < 4.78 is 2.39. The van der Waals surface area contributed by atoms with Crippen LogP contribution in [0.3, 0.4) is 0 Å². The van der Waals surface area contributed by atoms with Crippen LogP contribution in [0.4, 0.5) is 0 Å². The van der Waals surface area contributed by atoms with Gasteiger partial charge in [-0.15, -0.1) is 0 Å². The van der Waals surface area contributed by atoms with Gasteiger partial charge >= 0.3 is 5.97 Å². The number of fused-ring (bicyclic) bond motifs is 7. The molecule has 134 valence electrons. The van der Waals surface area contributed by atoms with Crippen LogP contribution in [0.15, 0.2) is 18.5 Å². The molecule has 4 aliphatic rings. The van der Waals surface area contributed by atoms with Crippen molar-refractivity contribution >= 4 is 12.0 Å². The number of hydrogen-bond acceptors (Lipinski definition) is 2. The van der Waals surface area contributed by atoms with Crippen LogP contribution in [0.1, 0.15) is 64.2 Å².